The van der Waals surface area contributed by atoms with Crippen molar-refractivity contribution in [3.8, 4) is 0 Å². The van der Waals surface area contributed by atoms with Crippen LogP contribution in [0, 0.1) is 5.92 Å². The van der Waals surface area contributed by atoms with Crippen LogP contribution in [-0.4, -0.2) is 65.3 Å². The van der Waals surface area contributed by atoms with Crippen molar-refractivity contribution in [1.82, 2.24) is 14.7 Å². The van der Waals surface area contributed by atoms with Crippen LogP contribution in [0.1, 0.15) is 24.8 Å². The molecule has 5 heteroatoms. The average molecular weight is 327 g/mol. The molecule has 1 atom stereocenters. The third-order valence-electron chi connectivity index (χ3n) is 5.55. The van der Waals surface area contributed by atoms with Crippen molar-refractivity contribution in [3.63, 3.8) is 0 Å². The molecule has 24 heavy (non-hydrogen) atoms. The quantitative estimate of drug-likeness (QED) is 0.838. The van der Waals surface area contributed by atoms with E-state index >= 15 is 0 Å². The second-order valence-corrected chi connectivity index (χ2v) is 7.31. The number of rotatable bonds is 4. The van der Waals surface area contributed by atoms with Crippen molar-refractivity contribution in [2.75, 3.05) is 32.7 Å². The van der Waals surface area contributed by atoms with Gasteiger partial charge in [-0.25, -0.2) is 0 Å². The Morgan fingerprint density at radius 3 is 2.46 bits per heavy atom. The van der Waals surface area contributed by atoms with E-state index < -0.39 is 0 Å². The van der Waals surface area contributed by atoms with Crippen LogP contribution in [0.2, 0.25) is 0 Å². The van der Waals surface area contributed by atoms with E-state index in [0.717, 1.165) is 45.6 Å². The van der Waals surface area contributed by atoms with Crippen LogP contribution >= 0.6 is 0 Å². The van der Waals surface area contributed by atoms with Crippen LogP contribution in [0.4, 0.5) is 0 Å². The van der Waals surface area contributed by atoms with E-state index in [1.165, 1.54) is 5.56 Å². The molecule has 0 aliphatic carbocycles. The number of hydrogen-bond donors (Lipinski definition) is 0. The van der Waals surface area contributed by atoms with Crippen LogP contribution in [0.3, 0.4) is 0 Å². The first-order valence-electron chi connectivity index (χ1n) is 9.05. The lowest BCUT2D eigenvalue weighted by Gasteiger charge is -2.44. The normalized spacial score (nSPS) is 25.3. The van der Waals surface area contributed by atoms with Crippen LogP contribution in [-0.2, 0) is 16.1 Å². The standard InChI is InChI=1S/C19H25N3O2/c23-18-10-16(19(24)21-8-4-5-9-21)12-22(18)17-13-20(14-17)11-15-6-2-1-3-7-15/h1-3,6-7,16-17H,4-5,8-14H2. The van der Waals surface area contributed by atoms with Gasteiger partial charge in [-0.1, -0.05) is 30.3 Å². The smallest absolute Gasteiger partial charge is 0.227 e. The number of carbonyl (C=O) groups excluding carboxylic acids is 2. The first-order chi connectivity index (χ1) is 11.7. The minimum absolute atomic E-state index is 0.112. The molecular formula is C19H25N3O2. The van der Waals surface area contributed by atoms with Gasteiger partial charge in [0.05, 0.1) is 12.0 Å². The van der Waals surface area contributed by atoms with Gasteiger partial charge in [-0.2, -0.15) is 0 Å². The summed E-state index contributed by atoms with van der Waals surface area (Å²) in [5, 5.41) is 0. The number of likely N-dealkylation sites (tertiary alicyclic amines) is 3. The molecule has 3 saturated heterocycles. The molecule has 3 heterocycles. The Morgan fingerprint density at radius 2 is 1.75 bits per heavy atom. The maximum absolute atomic E-state index is 12.5. The van der Waals surface area contributed by atoms with E-state index in [0.29, 0.717) is 13.0 Å². The molecule has 3 fully saturated rings. The average Bonchev–Trinajstić information content (AvgIpc) is 3.21. The molecule has 4 rings (SSSR count). The van der Waals surface area contributed by atoms with Crippen molar-refractivity contribution in [2.45, 2.75) is 31.8 Å². The lowest BCUT2D eigenvalue weighted by atomic mass is 10.1. The number of carbonyl (C=O) groups is 2. The summed E-state index contributed by atoms with van der Waals surface area (Å²) < 4.78 is 0. The van der Waals surface area contributed by atoms with Gasteiger partial charge in [-0.3, -0.25) is 14.5 Å². The molecule has 1 unspecified atom stereocenters. The van der Waals surface area contributed by atoms with Crippen molar-refractivity contribution >= 4 is 11.8 Å². The van der Waals surface area contributed by atoms with Crippen molar-refractivity contribution in [1.29, 1.82) is 0 Å². The number of benzene rings is 1. The summed E-state index contributed by atoms with van der Waals surface area (Å²) in [6.07, 6.45) is 2.62. The molecule has 3 aliphatic heterocycles. The topological polar surface area (TPSA) is 43.9 Å². The number of amides is 2. The van der Waals surface area contributed by atoms with Gasteiger partial charge in [0.15, 0.2) is 0 Å². The fourth-order valence-corrected chi connectivity index (χ4v) is 4.16. The van der Waals surface area contributed by atoms with E-state index in [-0.39, 0.29) is 23.8 Å². The van der Waals surface area contributed by atoms with Crippen LogP contribution < -0.4 is 0 Å². The van der Waals surface area contributed by atoms with Gasteiger partial charge in [-0.05, 0) is 18.4 Å². The van der Waals surface area contributed by atoms with Crippen molar-refractivity contribution < 1.29 is 9.59 Å². The molecule has 3 aliphatic rings. The highest BCUT2D eigenvalue weighted by Gasteiger charge is 2.43. The summed E-state index contributed by atoms with van der Waals surface area (Å²) in [5.41, 5.74) is 1.31. The van der Waals surface area contributed by atoms with E-state index in [9.17, 15) is 9.59 Å². The second-order valence-electron chi connectivity index (χ2n) is 7.31. The lowest BCUT2D eigenvalue weighted by molar-refractivity contribution is -0.135. The Kier molecular flexibility index (Phi) is 4.27. The molecule has 1 aromatic carbocycles. The minimum Gasteiger partial charge on any atom is -0.342 e. The third kappa shape index (κ3) is 3.05. The summed E-state index contributed by atoms with van der Waals surface area (Å²) in [6, 6.07) is 10.7. The summed E-state index contributed by atoms with van der Waals surface area (Å²) in [6.45, 7) is 5.15. The Hall–Kier alpha value is -1.88. The summed E-state index contributed by atoms with van der Waals surface area (Å²) in [5.74, 6) is 0.250. The Bertz CT molecular complexity index is 606. The van der Waals surface area contributed by atoms with E-state index in [2.05, 4.69) is 29.2 Å². The zero-order valence-corrected chi connectivity index (χ0v) is 14.1. The van der Waals surface area contributed by atoms with Gasteiger partial charge >= 0.3 is 0 Å². The molecule has 1 aromatic rings. The van der Waals surface area contributed by atoms with Crippen molar-refractivity contribution in [2.24, 2.45) is 5.92 Å². The summed E-state index contributed by atoms with van der Waals surface area (Å²) >= 11 is 0. The van der Waals surface area contributed by atoms with Crippen LogP contribution in [0.15, 0.2) is 30.3 Å². The molecule has 0 saturated carbocycles. The van der Waals surface area contributed by atoms with Gasteiger partial charge in [0.2, 0.25) is 11.8 Å². The minimum atomic E-state index is -0.112. The monoisotopic (exact) mass is 327 g/mol. The maximum Gasteiger partial charge on any atom is 0.227 e. The Balaban J connectivity index is 1.28. The predicted octanol–water partition coefficient (Wildman–Crippen LogP) is 1.34. The number of nitrogens with zero attached hydrogens (tertiary/aromatic N) is 3. The zero-order chi connectivity index (χ0) is 16.5. The molecule has 2 amide bonds. The largest absolute Gasteiger partial charge is 0.342 e. The summed E-state index contributed by atoms with van der Waals surface area (Å²) in [7, 11) is 0. The first-order valence-corrected chi connectivity index (χ1v) is 9.05. The zero-order valence-electron chi connectivity index (χ0n) is 14.1. The highest BCUT2D eigenvalue weighted by molar-refractivity contribution is 5.89. The van der Waals surface area contributed by atoms with Gasteiger partial charge in [-0.15, -0.1) is 0 Å². The third-order valence-corrected chi connectivity index (χ3v) is 5.55. The van der Waals surface area contributed by atoms with Gasteiger partial charge < -0.3 is 9.80 Å². The van der Waals surface area contributed by atoms with Gasteiger partial charge in [0.25, 0.3) is 0 Å². The fourth-order valence-electron chi connectivity index (χ4n) is 4.16. The van der Waals surface area contributed by atoms with E-state index in [1.807, 2.05) is 15.9 Å². The van der Waals surface area contributed by atoms with E-state index in [1.54, 1.807) is 0 Å². The lowest BCUT2D eigenvalue weighted by Crippen LogP contribution is -2.59. The molecule has 128 valence electrons. The molecule has 5 nitrogen and oxygen atoms in total. The molecule has 0 bridgehead atoms. The molecular weight excluding hydrogens is 302 g/mol. The molecule has 0 radical (unpaired) electrons. The highest BCUT2D eigenvalue weighted by atomic mass is 16.2. The molecule has 0 N–H and O–H groups in total. The molecule has 0 spiro atoms. The maximum atomic E-state index is 12.5. The molecule has 0 aromatic heterocycles. The van der Waals surface area contributed by atoms with Gasteiger partial charge in [0.1, 0.15) is 0 Å². The van der Waals surface area contributed by atoms with E-state index in [4.69, 9.17) is 0 Å². The fraction of sp³-hybridized carbons (Fsp3) is 0.579. The summed E-state index contributed by atoms with van der Waals surface area (Å²) in [4.78, 5) is 31.1. The Morgan fingerprint density at radius 1 is 1.04 bits per heavy atom. The second kappa shape index (κ2) is 6.55. The SMILES string of the molecule is O=C(C1CC(=O)N(C2CN(Cc3ccccc3)C2)C1)N1CCCC1. The van der Waals surface area contributed by atoms with Crippen LogP contribution in [0.5, 0.6) is 0 Å². The number of hydrogen-bond acceptors (Lipinski definition) is 3. The Labute approximate surface area is 143 Å². The van der Waals surface area contributed by atoms with Crippen LogP contribution in [0.25, 0.3) is 0 Å². The first kappa shape index (κ1) is 15.6. The highest BCUT2D eigenvalue weighted by Crippen LogP contribution is 2.27. The predicted molar refractivity (Wildman–Crippen MR) is 91.1 cm³/mol. The van der Waals surface area contributed by atoms with Gasteiger partial charge in [0, 0.05) is 45.7 Å². The van der Waals surface area contributed by atoms with Crippen molar-refractivity contribution in [3.05, 3.63) is 35.9 Å².